The van der Waals surface area contributed by atoms with Crippen LogP contribution >= 0.6 is 0 Å². The predicted octanol–water partition coefficient (Wildman–Crippen LogP) is 3.79. The average Bonchev–Trinajstić information content (AvgIpc) is 2.62. The van der Waals surface area contributed by atoms with E-state index >= 15 is 0 Å². The van der Waals surface area contributed by atoms with Gasteiger partial charge >= 0.3 is 5.69 Å². The number of nitrogens with one attached hydrogen (secondary N) is 1. The molecule has 1 amide bonds. The van der Waals surface area contributed by atoms with Crippen molar-refractivity contribution in [2.24, 2.45) is 0 Å². The fraction of sp³-hybridized carbons (Fsp3) is 0.167. The topological polar surface area (TPSA) is 90.7 Å². The zero-order chi connectivity index (χ0) is 19.1. The van der Waals surface area contributed by atoms with E-state index in [0.717, 1.165) is 12.1 Å². The second kappa shape index (κ2) is 8.61. The molecule has 2 aromatic rings. The number of carbonyl (C=O) groups excluding carboxylic acids is 1. The van der Waals surface area contributed by atoms with E-state index in [-0.39, 0.29) is 5.69 Å². The summed E-state index contributed by atoms with van der Waals surface area (Å²) in [5.74, 6) is -0.358. The minimum Gasteiger partial charge on any atom is -0.493 e. The van der Waals surface area contributed by atoms with Crippen molar-refractivity contribution in [3.05, 3.63) is 64.0 Å². The van der Waals surface area contributed by atoms with E-state index in [9.17, 15) is 19.3 Å². The maximum Gasteiger partial charge on any atom is 0.306 e. The number of halogens is 1. The number of nitrogens with zero attached hydrogens (tertiary/aromatic N) is 1. The van der Waals surface area contributed by atoms with Crippen LogP contribution in [0.5, 0.6) is 11.5 Å². The summed E-state index contributed by atoms with van der Waals surface area (Å²) >= 11 is 0. The van der Waals surface area contributed by atoms with Crippen LogP contribution in [0.4, 0.5) is 15.8 Å². The molecule has 26 heavy (non-hydrogen) atoms. The molecule has 0 aliphatic rings. The van der Waals surface area contributed by atoms with Crippen LogP contribution in [0.2, 0.25) is 0 Å². The van der Waals surface area contributed by atoms with Crippen LogP contribution in [0.1, 0.15) is 12.5 Å². The van der Waals surface area contributed by atoms with Crippen LogP contribution in [0.15, 0.2) is 42.5 Å². The van der Waals surface area contributed by atoms with Crippen LogP contribution in [-0.4, -0.2) is 24.5 Å². The molecule has 8 heteroatoms. The predicted molar refractivity (Wildman–Crippen MR) is 94.9 cm³/mol. The maximum atomic E-state index is 13.3. The van der Waals surface area contributed by atoms with Gasteiger partial charge in [0.05, 0.1) is 18.6 Å². The quantitative estimate of drug-likeness (QED) is 0.461. The number of benzene rings is 2. The molecule has 0 unspecified atom stereocenters. The number of hydrogen-bond donors (Lipinski definition) is 1. The van der Waals surface area contributed by atoms with Crippen LogP contribution in [0, 0.1) is 15.9 Å². The standard InChI is InChI=1S/C18H17FN2O5/c1-3-26-17-10-12(4-8-16(17)25-2)5-9-18(22)20-13-6-7-14(19)15(11-13)21(23)24/h4-11H,3H2,1-2H3,(H,20,22)/b9-5+. The molecule has 0 fully saturated rings. The van der Waals surface area contributed by atoms with E-state index in [0.29, 0.717) is 23.7 Å². The Balaban J connectivity index is 2.11. The average molecular weight is 360 g/mol. The van der Waals surface area contributed by atoms with E-state index in [2.05, 4.69) is 5.32 Å². The van der Waals surface area contributed by atoms with Crippen molar-refractivity contribution >= 4 is 23.4 Å². The molecule has 0 saturated heterocycles. The number of anilines is 1. The summed E-state index contributed by atoms with van der Waals surface area (Å²) in [6.07, 6.45) is 2.81. The summed E-state index contributed by atoms with van der Waals surface area (Å²) in [5.41, 5.74) is 0.121. The number of nitro groups is 1. The molecule has 0 atom stereocenters. The van der Waals surface area contributed by atoms with Gasteiger partial charge in [-0.1, -0.05) is 6.07 Å². The Morgan fingerprint density at radius 2 is 2.04 bits per heavy atom. The molecule has 0 heterocycles. The van der Waals surface area contributed by atoms with Crippen molar-refractivity contribution in [1.82, 2.24) is 0 Å². The Bertz CT molecular complexity index is 851. The third kappa shape index (κ3) is 4.79. The van der Waals surface area contributed by atoms with Crippen LogP contribution in [0.3, 0.4) is 0 Å². The number of nitro benzene ring substituents is 1. The van der Waals surface area contributed by atoms with Crippen molar-refractivity contribution in [3.63, 3.8) is 0 Å². The largest absolute Gasteiger partial charge is 0.493 e. The molecule has 0 aliphatic carbocycles. The Morgan fingerprint density at radius 1 is 1.27 bits per heavy atom. The number of amides is 1. The summed E-state index contributed by atoms with van der Waals surface area (Å²) in [5, 5.41) is 13.2. The highest BCUT2D eigenvalue weighted by Gasteiger charge is 2.14. The Hall–Kier alpha value is -3.42. The molecular weight excluding hydrogens is 343 g/mol. The molecular formula is C18H17FN2O5. The number of hydrogen-bond acceptors (Lipinski definition) is 5. The van der Waals surface area contributed by atoms with Crippen LogP contribution < -0.4 is 14.8 Å². The monoisotopic (exact) mass is 360 g/mol. The molecule has 0 bridgehead atoms. The van der Waals surface area contributed by atoms with Crippen LogP contribution in [0.25, 0.3) is 6.08 Å². The molecule has 0 saturated carbocycles. The first-order chi connectivity index (χ1) is 12.4. The van der Waals surface area contributed by atoms with Gasteiger partial charge < -0.3 is 14.8 Å². The van der Waals surface area contributed by atoms with Gasteiger partial charge in [0.1, 0.15) is 0 Å². The van der Waals surface area contributed by atoms with Gasteiger partial charge in [0.2, 0.25) is 11.7 Å². The zero-order valence-electron chi connectivity index (χ0n) is 14.2. The van der Waals surface area contributed by atoms with Crippen molar-refractivity contribution in [2.45, 2.75) is 6.92 Å². The van der Waals surface area contributed by atoms with Crippen LogP contribution in [-0.2, 0) is 4.79 Å². The minimum absolute atomic E-state index is 0.123. The Kier molecular flexibility index (Phi) is 6.26. The smallest absolute Gasteiger partial charge is 0.306 e. The van der Waals surface area contributed by atoms with Crippen molar-refractivity contribution in [1.29, 1.82) is 0 Å². The molecule has 2 rings (SSSR count). The highest BCUT2D eigenvalue weighted by molar-refractivity contribution is 6.02. The molecule has 136 valence electrons. The van der Waals surface area contributed by atoms with Gasteiger partial charge in [-0.05, 0) is 42.8 Å². The van der Waals surface area contributed by atoms with Gasteiger partial charge in [-0.2, -0.15) is 4.39 Å². The number of methoxy groups -OCH3 is 1. The van der Waals surface area contributed by atoms with E-state index in [1.54, 1.807) is 24.3 Å². The number of rotatable bonds is 7. The fourth-order valence-electron chi connectivity index (χ4n) is 2.15. The normalized spacial score (nSPS) is 10.6. The SMILES string of the molecule is CCOc1cc(/C=C/C(=O)Nc2ccc(F)c([N+](=O)[O-])c2)ccc1OC. The summed E-state index contributed by atoms with van der Waals surface area (Å²) in [4.78, 5) is 21.8. The van der Waals surface area contributed by atoms with Gasteiger partial charge in [0, 0.05) is 17.8 Å². The third-order valence-electron chi connectivity index (χ3n) is 3.33. The Labute approximate surface area is 149 Å². The van der Waals surface area contributed by atoms with Gasteiger partial charge in [0.25, 0.3) is 0 Å². The van der Waals surface area contributed by atoms with Gasteiger partial charge in [-0.15, -0.1) is 0 Å². The Morgan fingerprint density at radius 3 is 2.69 bits per heavy atom. The fourth-order valence-corrected chi connectivity index (χ4v) is 2.15. The minimum atomic E-state index is -0.967. The molecule has 7 nitrogen and oxygen atoms in total. The highest BCUT2D eigenvalue weighted by atomic mass is 19.1. The first-order valence-corrected chi connectivity index (χ1v) is 7.68. The second-order valence-electron chi connectivity index (χ2n) is 5.09. The lowest BCUT2D eigenvalue weighted by molar-refractivity contribution is -0.387. The molecule has 0 aromatic heterocycles. The number of ether oxygens (including phenoxy) is 2. The van der Waals surface area contributed by atoms with Crippen molar-refractivity contribution in [2.75, 3.05) is 19.0 Å². The lowest BCUT2D eigenvalue weighted by Gasteiger charge is -2.09. The van der Waals surface area contributed by atoms with E-state index < -0.39 is 22.3 Å². The summed E-state index contributed by atoms with van der Waals surface area (Å²) in [6.45, 7) is 2.31. The molecule has 2 aromatic carbocycles. The van der Waals surface area contributed by atoms with E-state index in [1.807, 2.05) is 6.92 Å². The lowest BCUT2D eigenvalue weighted by Crippen LogP contribution is -2.08. The summed E-state index contributed by atoms with van der Waals surface area (Å²) in [7, 11) is 1.53. The van der Waals surface area contributed by atoms with Gasteiger partial charge in [0.15, 0.2) is 11.5 Å². The molecule has 0 aliphatic heterocycles. The summed E-state index contributed by atoms with van der Waals surface area (Å²) in [6, 6.07) is 8.31. The third-order valence-corrected chi connectivity index (χ3v) is 3.33. The summed E-state index contributed by atoms with van der Waals surface area (Å²) < 4.78 is 23.9. The second-order valence-corrected chi connectivity index (χ2v) is 5.09. The van der Waals surface area contributed by atoms with Gasteiger partial charge in [-0.3, -0.25) is 14.9 Å². The van der Waals surface area contributed by atoms with Gasteiger partial charge in [-0.25, -0.2) is 0 Å². The zero-order valence-corrected chi connectivity index (χ0v) is 14.2. The molecule has 0 spiro atoms. The lowest BCUT2D eigenvalue weighted by atomic mass is 10.2. The molecule has 0 radical (unpaired) electrons. The van der Waals surface area contributed by atoms with Crippen molar-refractivity contribution < 1.29 is 23.6 Å². The molecule has 1 N–H and O–H groups in total. The number of carbonyl (C=O) groups is 1. The first kappa shape index (κ1) is 18.9. The van der Waals surface area contributed by atoms with E-state index in [4.69, 9.17) is 9.47 Å². The van der Waals surface area contributed by atoms with Crippen molar-refractivity contribution in [3.8, 4) is 11.5 Å². The van der Waals surface area contributed by atoms with E-state index in [1.165, 1.54) is 19.3 Å². The maximum absolute atomic E-state index is 13.3. The first-order valence-electron chi connectivity index (χ1n) is 7.68. The highest BCUT2D eigenvalue weighted by Crippen LogP contribution is 2.28.